The predicted molar refractivity (Wildman–Crippen MR) is 98.9 cm³/mol. The fourth-order valence-electron chi connectivity index (χ4n) is 2.21. The van der Waals surface area contributed by atoms with Gasteiger partial charge >= 0.3 is 0 Å². The van der Waals surface area contributed by atoms with Crippen LogP contribution < -0.4 is 11.1 Å². The van der Waals surface area contributed by atoms with Gasteiger partial charge in [0.05, 0.1) is 5.60 Å². The number of nitrogens with one attached hydrogen (secondary N) is 1. The minimum Gasteiger partial charge on any atom is -0.390 e. The molecule has 0 bridgehead atoms. The summed E-state index contributed by atoms with van der Waals surface area (Å²) in [6, 6.07) is 3.59. The van der Waals surface area contributed by atoms with Gasteiger partial charge in [-0.1, -0.05) is 27.7 Å². The normalized spacial score (nSPS) is 11.8. The van der Waals surface area contributed by atoms with E-state index in [1.54, 1.807) is 12.1 Å². The number of carbonyl (C=O) groups excluding carboxylic acids is 1. The first-order chi connectivity index (χ1) is 10.3. The zero-order valence-corrected chi connectivity index (χ0v) is 16.2. The largest absolute Gasteiger partial charge is 0.390 e. The van der Waals surface area contributed by atoms with E-state index in [-0.39, 0.29) is 11.3 Å². The van der Waals surface area contributed by atoms with Crippen molar-refractivity contribution in [3.8, 4) is 0 Å². The van der Waals surface area contributed by atoms with E-state index in [4.69, 9.17) is 5.73 Å². The summed E-state index contributed by atoms with van der Waals surface area (Å²) in [7, 11) is 1.86. The summed E-state index contributed by atoms with van der Waals surface area (Å²) in [5.41, 5.74) is 8.30. The van der Waals surface area contributed by atoms with E-state index in [0.717, 1.165) is 16.8 Å². The lowest BCUT2D eigenvalue weighted by Gasteiger charge is -2.40. The van der Waals surface area contributed by atoms with Gasteiger partial charge in [-0.2, -0.15) is 0 Å². The highest BCUT2D eigenvalue weighted by molar-refractivity contribution is 5.94. The Balaban J connectivity index is 0.000000438. The number of anilines is 1. The van der Waals surface area contributed by atoms with E-state index in [1.165, 1.54) is 0 Å². The topological polar surface area (TPSA) is 75.3 Å². The smallest absolute Gasteiger partial charge is 0.248 e. The van der Waals surface area contributed by atoms with Crippen molar-refractivity contribution in [3.05, 3.63) is 28.8 Å². The monoisotopic (exact) mass is 322 g/mol. The lowest BCUT2D eigenvalue weighted by Crippen LogP contribution is -2.42. The van der Waals surface area contributed by atoms with Crippen LogP contribution in [0.2, 0.25) is 0 Å². The molecule has 0 fully saturated rings. The molecule has 1 rings (SSSR count). The van der Waals surface area contributed by atoms with Crippen LogP contribution in [0.25, 0.3) is 0 Å². The van der Waals surface area contributed by atoms with E-state index in [0.29, 0.717) is 11.5 Å². The van der Waals surface area contributed by atoms with Crippen LogP contribution in [-0.4, -0.2) is 23.7 Å². The van der Waals surface area contributed by atoms with E-state index in [9.17, 15) is 9.90 Å². The fraction of sp³-hybridized carbons (Fsp3) is 0.632. The Kier molecular flexibility index (Phi) is 7.29. The van der Waals surface area contributed by atoms with Gasteiger partial charge in [-0.15, -0.1) is 0 Å². The van der Waals surface area contributed by atoms with Crippen LogP contribution in [0.1, 0.15) is 63.0 Å². The second-order valence-electron chi connectivity index (χ2n) is 7.53. The zero-order valence-electron chi connectivity index (χ0n) is 16.2. The Hall–Kier alpha value is -1.55. The van der Waals surface area contributed by atoms with Crippen molar-refractivity contribution >= 4 is 11.6 Å². The molecule has 1 aromatic carbocycles. The van der Waals surface area contributed by atoms with E-state index >= 15 is 0 Å². The van der Waals surface area contributed by atoms with E-state index in [1.807, 2.05) is 34.7 Å². The summed E-state index contributed by atoms with van der Waals surface area (Å²) in [6.45, 7) is 16.1. The van der Waals surface area contributed by atoms with Crippen molar-refractivity contribution in [2.75, 3.05) is 12.4 Å². The average molecular weight is 322 g/mol. The third kappa shape index (κ3) is 5.54. The third-order valence-corrected chi connectivity index (χ3v) is 5.09. The first-order valence-electron chi connectivity index (χ1n) is 8.06. The number of carbonyl (C=O) groups is 1. The molecule has 4 nitrogen and oxygen atoms in total. The highest BCUT2D eigenvalue weighted by atomic mass is 16.3. The maximum Gasteiger partial charge on any atom is 0.248 e. The van der Waals surface area contributed by atoms with Gasteiger partial charge in [-0.3, -0.25) is 4.79 Å². The quantitative estimate of drug-likeness (QED) is 0.787. The number of hydrogen-bond acceptors (Lipinski definition) is 3. The van der Waals surface area contributed by atoms with Gasteiger partial charge in [0.1, 0.15) is 0 Å². The van der Waals surface area contributed by atoms with Crippen LogP contribution in [-0.2, 0) is 0 Å². The first kappa shape index (κ1) is 21.4. The van der Waals surface area contributed by atoms with Crippen LogP contribution in [0.3, 0.4) is 0 Å². The second kappa shape index (κ2) is 7.82. The maximum absolute atomic E-state index is 10.9. The van der Waals surface area contributed by atoms with E-state index < -0.39 is 5.60 Å². The van der Waals surface area contributed by atoms with E-state index in [2.05, 4.69) is 33.0 Å². The molecule has 4 N–H and O–H groups in total. The fourth-order valence-corrected chi connectivity index (χ4v) is 2.21. The van der Waals surface area contributed by atoms with Gasteiger partial charge in [-0.05, 0) is 62.3 Å². The van der Waals surface area contributed by atoms with Crippen molar-refractivity contribution in [1.29, 1.82) is 0 Å². The highest BCUT2D eigenvalue weighted by Crippen LogP contribution is 2.37. The lowest BCUT2D eigenvalue weighted by molar-refractivity contribution is -0.0604. The number of nitrogens with two attached hydrogens (primary N) is 1. The van der Waals surface area contributed by atoms with Crippen molar-refractivity contribution in [2.24, 2.45) is 17.1 Å². The zero-order chi connectivity index (χ0) is 18.6. The summed E-state index contributed by atoms with van der Waals surface area (Å²) in [4.78, 5) is 10.9. The van der Waals surface area contributed by atoms with Crippen LogP contribution in [0.15, 0.2) is 12.1 Å². The molecule has 0 aliphatic carbocycles. The molecule has 0 aromatic heterocycles. The van der Waals surface area contributed by atoms with Crippen LogP contribution >= 0.6 is 0 Å². The Morgan fingerprint density at radius 2 is 1.52 bits per heavy atom. The molecule has 0 heterocycles. The van der Waals surface area contributed by atoms with Crippen LogP contribution in [0, 0.1) is 25.2 Å². The average Bonchev–Trinajstić information content (AvgIpc) is 2.37. The predicted octanol–water partition coefficient (Wildman–Crippen LogP) is 3.88. The van der Waals surface area contributed by atoms with Gasteiger partial charge < -0.3 is 16.2 Å². The number of rotatable bonds is 4. The number of hydrogen-bond donors (Lipinski definition) is 3. The number of aryl methyl sites for hydroxylation is 2. The third-order valence-electron chi connectivity index (χ3n) is 5.09. The second-order valence-corrected chi connectivity index (χ2v) is 7.53. The molecule has 1 amide bonds. The summed E-state index contributed by atoms with van der Waals surface area (Å²) in [5, 5.41) is 12.8. The van der Waals surface area contributed by atoms with Gasteiger partial charge in [0, 0.05) is 18.3 Å². The Morgan fingerprint density at radius 3 is 1.70 bits per heavy atom. The molecule has 132 valence electrons. The molecule has 0 saturated carbocycles. The standard InChI is InChI=1S/C10H14N2O.C9H20O/c1-6-4-8(10(11)13)5-7(2)9(6)12-3;1-7(2)8(3,4)9(5,6)10/h4-5,12H,1-3H3,(H2,11,13);7,10H,1-6H3. The molecular weight excluding hydrogens is 288 g/mol. The Morgan fingerprint density at radius 1 is 1.13 bits per heavy atom. The molecule has 1 aromatic rings. The lowest BCUT2D eigenvalue weighted by atomic mass is 9.69. The van der Waals surface area contributed by atoms with Crippen LogP contribution in [0.5, 0.6) is 0 Å². The van der Waals surface area contributed by atoms with Gasteiger partial charge in [0.15, 0.2) is 0 Å². The molecule has 23 heavy (non-hydrogen) atoms. The maximum atomic E-state index is 10.9. The number of benzene rings is 1. The van der Waals surface area contributed by atoms with Gasteiger partial charge in [0.25, 0.3) is 0 Å². The van der Waals surface area contributed by atoms with Crippen LogP contribution in [0.4, 0.5) is 5.69 Å². The Bertz CT molecular complexity index is 518. The summed E-state index contributed by atoms with van der Waals surface area (Å²) in [5.74, 6) is 0.126. The molecule has 4 heteroatoms. The Labute approximate surface area is 141 Å². The van der Waals surface area contributed by atoms with Gasteiger partial charge in [-0.25, -0.2) is 0 Å². The molecule has 0 unspecified atom stereocenters. The van der Waals surface area contributed by atoms with Crippen molar-refractivity contribution in [1.82, 2.24) is 0 Å². The van der Waals surface area contributed by atoms with Gasteiger partial charge in [0.2, 0.25) is 5.91 Å². The highest BCUT2D eigenvalue weighted by Gasteiger charge is 2.37. The van der Waals surface area contributed by atoms with Crippen molar-refractivity contribution in [2.45, 2.75) is 61.0 Å². The summed E-state index contributed by atoms with van der Waals surface area (Å²) < 4.78 is 0. The summed E-state index contributed by atoms with van der Waals surface area (Å²) >= 11 is 0. The SMILES string of the molecule is CC(C)C(C)(C)C(C)(C)O.CNc1c(C)cc(C(N)=O)cc1C. The van der Waals surface area contributed by atoms with Crippen molar-refractivity contribution in [3.63, 3.8) is 0 Å². The van der Waals surface area contributed by atoms with Crippen molar-refractivity contribution < 1.29 is 9.90 Å². The minimum absolute atomic E-state index is 0.00694. The number of amides is 1. The molecule has 0 spiro atoms. The molecule has 0 aliphatic rings. The molecule has 0 saturated heterocycles. The first-order valence-corrected chi connectivity index (χ1v) is 8.06. The molecule has 0 aliphatic heterocycles. The molecular formula is C19H34N2O2. The molecule has 0 radical (unpaired) electrons. The minimum atomic E-state index is -0.582. The molecule has 0 atom stereocenters. The number of aliphatic hydroxyl groups is 1. The summed E-state index contributed by atoms with van der Waals surface area (Å²) in [6.07, 6.45) is 0. The number of primary amides is 1.